The molecule has 26 heavy (non-hydrogen) atoms. The number of pyridine rings is 1. The van der Waals surface area contributed by atoms with Gasteiger partial charge in [0.1, 0.15) is 22.6 Å². The predicted molar refractivity (Wildman–Crippen MR) is 101 cm³/mol. The number of benzene rings is 1. The van der Waals surface area contributed by atoms with Gasteiger partial charge >= 0.3 is 0 Å². The summed E-state index contributed by atoms with van der Waals surface area (Å²) in [4.78, 5) is 18.6. The molecule has 0 aliphatic carbocycles. The third kappa shape index (κ3) is 4.40. The number of hydrogen-bond donors (Lipinski definition) is 0. The first kappa shape index (κ1) is 18.8. The molecule has 3 rings (SSSR count). The number of carbonyl (C=O) groups is 1. The quantitative estimate of drug-likeness (QED) is 0.761. The van der Waals surface area contributed by atoms with E-state index in [9.17, 15) is 4.79 Å². The van der Waals surface area contributed by atoms with Crippen molar-refractivity contribution in [3.8, 4) is 11.5 Å². The van der Waals surface area contributed by atoms with Crippen molar-refractivity contribution in [3.05, 3.63) is 52.8 Å². The van der Waals surface area contributed by atoms with Gasteiger partial charge in [0.15, 0.2) is 5.60 Å². The van der Waals surface area contributed by atoms with Crippen LogP contribution in [0, 0.1) is 0 Å². The largest absolute Gasteiger partial charge is 0.487 e. The second kappa shape index (κ2) is 7.72. The molecule has 1 aromatic carbocycles. The fourth-order valence-electron chi connectivity index (χ4n) is 2.87. The van der Waals surface area contributed by atoms with Gasteiger partial charge in [-0.1, -0.05) is 23.2 Å². The van der Waals surface area contributed by atoms with Gasteiger partial charge in [-0.15, -0.1) is 0 Å². The molecule has 7 heteroatoms. The Kier molecular flexibility index (Phi) is 5.58. The molecule has 1 aliphatic heterocycles. The summed E-state index contributed by atoms with van der Waals surface area (Å²) >= 11 is 12.0. The van der Waals surface area contributed by atoms with E-state index in [1.165, 1.54) is 6.20 Å². The van der Waals surface area contributed by atoms with Crippen LogP contribution in [0.25, 0.3) is 0 Å². The number of carbonyl (C=O) groups excluding carboxylic acids is 1. The number of hydrogen-bond acceptors (Lipinski definition) is 4. The zero-order valence-corrected chi connectivity index (χ0v) is 16.1. The monoisotopic (exact) mass is 394 g/mol. The van der Waals surface area contributed by atoms with E-state index < -0.39 is 5.60 Å². The van der Waals surface area contributed by atoms with Crippen molar-refractivity contribution in [2.75, 3.05) is 13.1 Å². The summed E-state index contributed by atoms with van der Waals surface area (Å²) in [5.41, 5.74) is -0.989. The van der Waals surface area contributed by atoms with Crippen molar-refractivity contribution in [3.63, 3.8) is 0 Å². The van der Waals surface area contributed by atoms with E-state index in [1.54, 1.807) is 55.3 Å². The smallest absolute Gasteiger partial charge is 0.266 e. The van der Waals surface area contributed by atoms with Crippen molar-refractivity contribution >= 4 is 29.1 Å². The lowest BCUT2D eigenvalue weighted by Gasteiger charge is -2.30. The molecule has 1 aromatic heterocycles. The SMILES string of the molecule is CC(C)(Oc1ccc(Cl)cc1)C(=O)N1CC[C@@H](Oc2ccncc2Cl)C1. The van der Waals surface area contributed by atoms with Gasteiger partial charge in [0.2, 0.25) is 0 Å². The minimum atomic E-state index is -0.989. The second-order valence-electron chi connectivity index (χ2n) is 6.65. The summed E-state index contributed by atoms with van der Waals surface area (Å²) in [5, 5.41) is 1.08. The maximum absolute atomic E-state index is 12.9. The lowest BCUT2D eigenvalue weighted by Crippen LogP contribution is -2.48. The van der Waals surface area contributed by atoms with Crippen LogP contribution in [0.3, 0.4) is 0 Å². The highest BCUT2D eigenvalue weighted by molar-refractivity contribution is 6.31. The van der Waals surface area contributed by atoms with Crippen molar-refractivity contribution in [2.24, 2.45) is 0 Å². The molecule has 5 nitrogen and oxygen atoms in total. The topological polar surface area (TPSA) is 51.7 Å². The Morgan fingerprint density at radius 2 is 1.96 bits per heavy atom. The summed E-state index contributed by atoms with van der Waals surface area (Å²) in [6, 6.07) is 8.68. The van der Waals surface area contributed by atoms with Crippen LogP contribution in [0.5, 0.6) is 11.5 Å². The van der Waals surface area contributed by atoms with Gasteiger partial charge in [-0.05, 0) is 38.1 Å². The number of rotatable bonds is 5. The Balaban J connectivity index is 1.61. The highest BCUT2D eigenvalue weighted by Gasteiger charge is 2.38. The molecular formula is C19H20Cl2N2O3. The Bertz CT molecular complexity index is 781. The molecule has 2 heterocycles. The second-order valence-corrected chi connectivity index (χ2v) is 7.50. The number of amides is 1. The molecule has 0 spiro atoms. The molecule has 1 fully saturated rings. The Morgan fingerprint density at radius 1 is 1.23 bits per heavy atom. The first-order chi connectivity index (χ1) is 12.3. The van der Waals surface area contributed by atoms with E-state index in [4.69, 9.17) is 32.7 Å². The van der Waals surface area contributed by atoms with Crippen LogP contribution >= 0.6 is 23.2 Å². The van der Waals surface area contributed by atoms with Gasteiger partial charge in [0.25, 0.3) is 5.91 Å². The molecule has 1 aliphatic rings. The average molecular weight is 395 g/mol. The Labute approximate surface area is 162 Å². The lowest BCUT2D eigenvalue weighted by molar-refractivity contribution is -0.144. The van der Waals surface area contributed by atoms with Crippen LogP contribution in [0.4, 0.5) is 0 Å². The molecule has 1 saturated heterocycles. The summed E-state index contributed by atoms with van der Waals surface area (Å²) in [6.45, 7) is 4.63. The third-order valence-electron chi connectivity index (χ3n) is 4.16. The van der Waals surface area contributed by atoms with Crippen LogP contribution in [0.1, 0.15) is 20.3 Å². The normalized spacial score (nSPS) is 17.2. The molecule has 0 N–H and O–H groups in total. The van der Waals surface area contributed by atoms with E-state index in [2.05, 4.69) is 4.98 Å². The van der Waals surface area contributed by atoms with Crippen LogP contribution < -0.4 is 9.47 Å². The van der Waals surface area contributed by atoms with E-state index in [0.29, 0.717) is 34.6 Å². The van der Waals surface area contributed by atoms with E-state index in [1.807, 2.05) is 0 Å². The van der Waals surface area contributed by atoms with E-state index in [0.717, 1.165) is 6.42 Å². The summed E-state index contributed by atoms with van der Waals surface area (Å²) < 4.78 is 11.8. The first-order valence-electron chi connectivity index (χ1n) is 8.35. The van der Waals surface area contributed by atoms with Crippen LogP contribution in [-0.4, -0.2) is 40.6 Å². The molecule has 1 amide bonds. The van der Waals surface area contributed by atoms with Crippen LogP contribution in [0.2, 0.25) is 10.0 Å². The molecule has 0 bridgehead atoms. The van der Waals surface area contributed by atoms with Gasteiger partial charge in [-0.3, -0.25) is 9.78 Å². The maximum Gasteiger partial charge on any atom is 0.266 e. The molecule has 2 aromatic rings. The highest BCUT2D eigenvalue weighted by atomic mass is 35.5. The summed E-state index contributed by atoms with van der Waals surface area (Å²) in [7, 11) is 0. The summed E-state index contributed by atoms with van der Waals surface area (Å²) in [5.74, 6) is 1.10. The van der Waals surface area contributed by atoms with Crippen LogP contribution in [-0.2, 0) is 4.79 Å². The van der Waals surface area contributed by atoms with Crippen molar-refractivity contribution < 1.29 is 14.3 Å². The Morgan fingerprint density at radius 3 is 2.65 bits per heavy atom. The minimum Gasteiger partial charge on any atom is -0.487 e. The third-order valence-corrected chi connectivity index (χ3v) is 4.70. The fraction of sp³-hybridized carbons (Fsp3) is 0.368. The van der Waals surface area contributed by atoms with Gasteiger partial charge in [-0.25, -0.2) is 0 Å². The zero-order chi connectivity index (χ0) is 18.7. The van der Waals surface area contributed by atoms with Gasteiger partial charge in [0.05, 0.1) is 6.54 Å². The van der Waals surface area contributed by atoms with E-state index in [-0.39, 0.29) is 12.0 Å². The van der Waals surface area contributed by atoms with Gasteiger partial charge in [-0.2, -0.15) is 0 Å². The average Bonchev–Trinajstić information content (AvgIpc) is 3.06. The number of halogens is 2. The van der Waals surface area contributed by atoms with Gasteiger partial charge in [0, 0.05) is 36.4 Å². The first-order valence-corrected chi connectivity index (χ1v) is 9.11. The van der Waals surface area contributed by atoms with Crippen molar-refractivity contribution in [2.45, 2.75) is 32.0 Å². The van der Waals surface area contributed by atoms with Gasteiger partial charge < -0.3 is 14.4 Å². The minimum absolute atomic E-state index is 0.0839. The fourth-order valence-corrected chi connectivity index (χ4v) is 3.16. The molecule has 0 saturated carbocycles. The van der Waals surface area contributed by atoms with Crippen LogP contribution in [0.15, 0.2) is 42.7 Å². The lowest BCUT2D eigenvalue weighted by atomic mass is 10.1. The molecular weight excluding hydrogens is 375 g/mol. The van der Waals surface area contributed by atoms with Crippen molar-refractivity contribution in [1.29, 1.82) is 0 Å². The highest BCUT2D eigenvalue weighted by Crippen LogP contribution is 2.27. The molecule has 0 unspecified atom stereocenters. The molecule has 138 valence electrons. The number of likely N-dealkylation sites (tertiary alicyclic amines) is 1. The van der Waals surface area contributed by atoms with E-state index >= 15 is 0 Å². The Hall–Kier alpha value is -1.98. The zero-order valence-electron chi connectivity index (χ0n) is 14.6. The number of aromatic nitrogens is 1. The summed E-state index contributed by atoms with van der Waals surface area (Å²) in [6.07, 6.45) is 3.80. The predicted octanol–water partition coefficient (Wildman–Crippen LogP) is 4.23. The standard InChI is InChI=1S/C19H20Cl2N2O3/c1-19(2,26-14-5-3-13(20)4-6-14)18(24)23-10-8-15(12-23)25-17-7-9-22-11-16(17)21/h3-7,9,11,15H,8,10,12H2,1-2H3/t15-/m1/s1. The number of nitrogens with zero attached hydrogens (tertiary/aromatic N) is 2. The maximum atomic E-state index is 12.9. The van der Waals surface area contributed by atoms with Crippen molar-refractivity contribution in [1.82, 2.24) is 9.88 Å². The number of ether oxygens (including phenoxy) is 2. The molecule has 1 atom stereocenters. The molecule has 0 radical (unpaired) electrons.